The number of anilines is 2. The molecule has 0 aliphatic carbocycles. The average molecular weight is 320 g/mol. The number of nitrogens with zero attached hydrogens (tertiary/aromatic N) is 2. The van der Waals surface area contributed by atoms with Crippen LogP contribution in [-0.4, -0.2) is 22.4 Å². The molecule has 0 spiro atoms. The summed E-state index contributed by atoms with van der Waals surface area (Å²) in [6.45, 7) is 1.92. The minimum absolute atomic E-state index is 0.0131. The number of carbonyl (C=O) groups is 1. The van der Waals surface area contributed by atoms with Gasteiger partial charge in [-0.3, -0.25) is 14.9 Å². The van der Waals surface area contributed by atoms with Gasteiger partial charge in [-0.25, -0.2) is 4.98 Å². The maximum Gasteiger partial charge on any atom is 0.345 e. The molecule has 3 rings (SSSR count). The lowest BCUT2D eigenvalue weighted by molar-refractivity contribution is -0.380. The highest BCUT2D eigenvalue weighted by Gasteiger charge is 2.18. The van der Waals surface area contributed by atoms with Gasteiger partial charge in [0.2, 0.25) is 0 Å². The van der Waals surface area contributed by atoms with Crippen molar-refractivity contribution in [3.63, 3.8) is 0 Å². The van der Waals surface area contributed by atoms with Crippen molar-refractivity contribution in [1.82, 2.24) is 4.98 Å². The van der Waals surface area contributed by atoms with E-state index in [4.69, 9.17) is 4.74 Å². The number of rotatable bonds is 4. The Kier molecular flexibility index (Phi) is 3.63. The second-order valence-electron chi connectivity index (χ2n) is 4.72. The van der Waals surface area contributed by atoms with Crippen molar-refractivity contribution >= 4 is 33.1 Å². The minimum atomic E-state index is -0.473. The van der Waals surface area contributed by atoms with E-state index in [1.807, 2.05) is 19.1 Å². The summed E-state index contributed by atoms with van der Waals surface area (Å²) >= 11 is 0.977. The van der Waals surface area contributed by atoms with Crippen LogP contribution in [0.4, 0.5) is 15.8 Å². The number of fused-ring (bicyclic) bond motifs is 1. The van der Waals surface area contributed by atoms with Gasteiger partial charge in [0.25, 0.3) is 5.91 Å². The van der Waals surface area contributed by atoms with Crippen LogP contribution in [-0.2, 0) is 4.79 Å². The molecule has 9 heteroatoms. The first-order valence-electron chi connectivity index (χ1n) is 6.46. The second kappa shape index (κ2) is 5.60. The summed E-state index contributed by atoms with van der Waals surface area (Å²) in [6, 6.07) is 5.34. The Morgan fingerprint density at radius 1 is 1.55 bits per heavy atom. The molecule has 2 aromatic rings. The SMILES string of the molecule is C[C@H](Nc1ncc([N+](=O)[O-])s1)c1ccc2c(c1)NC(=O)CO2. The molecule has 0 saturated carbocycles. The number of benzene rings is 1. The van der Waals surface area contributed by atoms with Gasteiger partial charge in [-0.05, 0) is 36.0 Å². The van der Waals surface area contributed by atoms with Crippen molar-refractivity contribution in [3.8, 4) is 5.75 Å². The molecule has 0 bridgehead atoms. The van der Waals surface area contributed by atoms with Crippen molar-refractivity contribution in [2.24, 2.45) is 0 Å². The van der Waals surface area contributed by atoms with Crippen LogP contribution in [0.1, 0.15) is 18.5 Å². The first-order chi connectivity index (χ1) is 10.5. The van der Waals surface area contributed by atoms with Crippen LogP contribution in [0.5, 0.6) is 5.75 Å². The molecule has 1 aliphatic heterocycles. The summed E-state index contributed by atoms with van der Waals surface area (Å²) in [7, 11) is 0. The Morgan fingerprint density at radius 2 is 2.36 bits per heavy atom. The van der Waals surface area contributed by atoms with Gasteiger partial charge in [0.1, 0.15) is 11.9 Å². The Labute approximate surface area is 129 Å². The van der Waals surface area contributed by atoms with Gasteiger partial charge in [-0.2, -0.15) is 0 Å². The number of nitrogens with one attached hydrogen (secondary N) is 2. The molecular weight excluding hydrogens is 308 g/mol. The molecule has 1 aromatic heterocycles. The number of amides is 1. The summed E-state index contributed by atoms with van der Waals surface area (Å²) < 4.78 is 5.30. The number of carbonyl (C=O) groups excluding carboxylic acids is 1. The molecule has 1 atom stereocenters. The zero-order valence-corrected chi connectivity index (χ0v) is 12.3. The van der Waals surface area contributed by atoms with Crippen molar-refractivity contribution in [2.75, 3.05) is 17.2 Å². The van der Waals surface area contributed by atoms with Gasteiger partial charge in [0.05, 0.1) is 16.7 Å². The molecule has 8 nitrogen and oxygen atoms in total. The number of ether oxygens (including phenoxy) is 1. The Bertz CT molecular complexity index is 745. The summed E-state index contributed by atoms with van der Waals surface area (Å²) in [4.78, 5) is 25.5. The number of thiazole rings is 1. The standard InChI is InChI=1S/C13H12N4O4S/c1-7(15-13-14-5-12(22-13)17(19)20)8-2-3-10-9(4-8)16-11(18)6-21-10/h2-5,7H,6H2,1H3,(H,14,15)(H,16,18)/t7-/m0/s1. The summed E-state index contributed by atoms with van der Waals surface area (Å²) in [5, 5.41) is 17.0. The minimum Gasteiger partial charge on any atom is -0.482 e. The molecule has 0 fully saturated rings. The molecule has 114 valence electrons. The third-order valence-electron chi connectivity index (χ3n) is 3.15. The van der Waals surface area contributed by atoms with Crippen LogP contribution in [0.3, 0.4) is 0 Å². The maximum atomic E-state index is 11.3. The quantitative estimate of drug-likeness (QED) is 0.662. The predicted octanol–water partition coefficient (Wildman–Crippen LogP) is 2.56. The van der Waals surface area contributed by atoms with E-state index >= 15 is 0 Å². The van der Waals surface area contributed by atoms with Crippen LogP contribution < -0.4 is 15.4 Å². The molecule has 1 aromatic carbocycles. The molecule has 2 N–H and O–H groups in total. The van der Waals surface area contributed by atoms with Crippen LogP contribution in [0, 0.1) is 10.1 Å². The molecule has 0 radical (unpaired) electrons. The number of aromatic nitrogens is 1. The van der Waals surface area contributed by atoms with Crippen LogP contribution >= 0.6 is 11.3 Å². The summed E-state index contributed by atoms with van der Waals surface area (Å²) in [5.41, 5.74) is 1.52. The molecule has 0 unspecified atom stereocenters. The van der Waals surface area contributed by atoms with E-state index in [2.05, 4.69) is 15.6 Å². The fourth-order valence-corrected chi connectivity index (χ4v) is 2.77. The first-order valence-corrected chi connectivity index (χ1v) is 7.28. The molecule has 22 heavy (non-hydrogen) atoms. The van der Waals surface area contributed by atoms with E-state index in [1.54, 1.807) is 6.07 Å². The van der Waals surface area contributed by atoms with Gasteiger partial charge < -0.3 is 15.4 Å². The zero-order valence-electron chi connectivity index (χ0n) is 11.5. The highest BCUT2D eigenvalue weighted by Crippen LogP contribution is 2.33. The average Bonchev–Trinajstić information content (AvgIpc) is 2.95. The smallest absolute Gasteiger partial charge is 0.345 e. The summed E-state index contributed by atoms with van der Waals surface area (Å²) in [6.07, 6.45) is 1.22. The monoisotopic (exact) mass is 320 g/mol. The Morgan fingerprint density at radius 3 is 3.09 bits per heavy atom. The second-order valence-corrected chi connectivity index (χ2v) is 5.73. The van der Waals surface area contributed by atoms with E-state index < -0.39 is 4.92 Å². The van der Waals surface area contributed by atoms with Gasteiger partial charge >= 0.3 is 5.00 Å². The fourth-order valence-electron chi connectivity index (χ4n) is 2.06. The highest BCUT2D eigenvalue weighted by atomic mass is 32.1. The lowest BCUT2D eigenvalue weighted by Gasteiger charge is -2.20. The number of hydrogen-bond donors (Lipinski definition) is 2. The molecule has 1 aliphatic rings. The van der Waals surface area contributed by atoms with Gasteiger partial charge in [0, 0.05) is 0 Å². The molecule has 0 saturated heterocycles. The van der Waals surface area contributed by atoms with Gasteiger partial charge in [-0.1, -0.05) is 6.07 Å². The van der Waals surface area contributed by atoms with Crippen molar-refractivity contribution in [2.45, 2.75) is 13.0 Å². The Hall–Kier alpha value is -2.68. The van der Waals surface area contributed by atoms with Gasteiger partial charge in [0.15, 0.2) is 11.7 Å². The molecule has 2 heterocycles. The third-order valence-corrected chi connectivity index (χ3v) is 4.03. The molecular formula is C13H12N4O4S. The van der Waals surface area contributed by atoms with E-state index in [9.17, 15) is 14.9 Å². The number of nitro groups is 1. The van der Waals surface area contributed by atoms with Crippen molar-refractivity contribution < 1.29 is 14.5 Å². The Balaban J connectivity index is 1.77. The largest absolute Gasteiger partial charge is 0.482 e. The normalized spacial score (nSPS) is 14.5. The van der Waals surface area contributed by atoms with Crippen molar-refractivity contribution in [3.05, 3.63) is 40.1 Å². The zero-order chi connectivity index (χ0) is 15.7. The molecule has 1 amide bonds. The first kappa shape index (κ1) is 14.3. The highest BCUT2D eigenvalue weighted by molar-refractivity contribution is 7.18. The summed E-state index contributed by atoms with van der Waals surface area (Å²) in [5.74, 6) is 0.432. The topological polar surface area (TPSA) is 106 Å². The number of hydrogen-bond acceptors (Lipinski definition) is 7. The van der Waals surface area contributed by atoms with Crippen LogP contribution in [0.25, 0.3) is 0 Å². The van der Waals surface area contributed by atoms with Crippen LogP contribution in [0.2, 0.25) is 0 Å². The van der Waals surface area contributed by atoms with E-state index in [-0.39, 0.29) is 23.6 Å². The van der Waals surface area contributed by atoms with Crippen molar-refractivity contribution in [1.29, 1.82) is 0 Å². The van der Waals surface area contributed by atoms with E-state index in [0.29, 0.717) is 16.6 Å². The lowest BCUT2D eigenvalue weighted by atomic mass is 10.1. The third kappa shape index (κ3) is 2.84. The predicted molar refractivity (Wildman–Crippen MR) is 81.4 cm³/mol. The fraction of sp³-hybridized carbons (Fsp3) is 0.231. The maximum absolute atomic E-state index is 11.3. The van der Waals surface area contributed by atoms with Crippen LogP contribution in [0.15, 0.2) is 24.4 Å². The van der Waals surface area contributed by atoms with E-state index in [0.717, 1.165) is 16.9 Å². The lowest BCUT2D eigenvalue weighted by Crippen LogP contribution is -2.25. The van der Waals surface area contributed by atoms with Gasteiger partial charge in [-0.15, -0.1) is 0 Å². The van der Waals surface area contributed by atoms with E-state index in [1.165, 1.54) is 6.20 Å².